The third kappa shape index (κ3) is 6.54. The third-order valence-corrected chi connectivity index (χ3v) is 7.81. The van der Waals surface area contributed by atoms with E-state index in [0.29, 0.717) is 23.6 Å². The lowest BCUT2D eigenvalue weighted by Gasteiger charge is -2.04. The Labute approximate surface area is 277 Å². The van der Waals surface area contributed by atoms with E-state index in [1.54, 1.807) is 25.7 Å². The molecule has 0 amide bonds. The van der Waals surface area contributed by atoms with Crippen molar-refractivity contribution < 1.29 is 8.83 Å². The van der Waals surface area contributed by atoms with Gasteiger partial charge in [0.05, 0.1) is 0 Å². The van der Waals surface area contributed by atoms with E-state index in [4.69, 9.17) is 8.83 Å². The molecule has 0 saturated heterocycles. The van der Waals surface area contributed by atoms with Crippen LogP contribution in [0.5, 0.6) is 0 Å². The molecule has 8 nitrogen and oxygen atoms in total. The van der Waals surface area contributed by atoms with E-state index in [-0.39, 0.29) is 0 Å². The van der Waals surface area contributed by atoms with Gasteiger partial charge in [0, 0.05) is 47.9 Å². The summed E-state index contributed by atoms with van der Waals surface area (Å²) in [5.41, 5.74) is 9.85. The molecule has 48 heavy (non-hydrogen) atoms. The maximum atomic E-state index is 6.04. The molecule has 3 heterocycles. The minimum atomic E-state index is 0.462. The number of aromatic nitrogens is 5. The number of aliphatic imine (C=N–C) groups is 1. The molecule has 0 N–H and O–H groups in total. The molecule has 0 radical (unpaired) electrons. The van der Waals surface area contributed by atoms with Crippen LogP contribution in [0.3, 0.4) is 0 Å². The highest BCUT2D eigenvalue weighted by Crippen LogP contribution is 2.30. The minimum absolute atomic E-state index is 0.462. The Kier molecular flexibility index (Phi) is 8.69. The van der Waals surface area contributed by atoms with E-state index >= 15 is 0 Å². The molecular weight excluding hydrogens is 596 g/mol. The lowest BCUT2D eigenvalue weighted by molar-refractivity contribution is 0.584. The van der Waals surface area contributed by atoms with E-state index in [2.05, 4.69) is 36.4 Å². The van der Waals surface area contributed by atoms with Crippen LogP contribution in [0.15, 0.2) is 154 Å². The number of rotatable bonds is 9. The fourth-order valence-electron chi connectivity index (χ4n) is 5.26. The maximum absolute atomic E-state index is 6.04. The van der Waals surface area contributed by atoms with Crippen LogP contribution >= 0.6 is 0 Å². The normalized spacial score (nSPS) is 11.9. The van der Waals surface area contributed by atoms with Gasteiger partial charge in [-0.15, -0.1) is 20.4 Å². The molecule has 0 aliphatic heterocycles. The number of nitrogens with zero attached hydrogens (tertiary/aromatic N) is 6. The van der Waals surface area contributed by atoms with Crippen LogP contribution in [0.2, 0.25) is 0 Å². The van der Waals surface area contributed by atoms with Crippen molar-refractivity contribution in [1.82, 2.24) is 25.4 Å². The van der Waals surface area contributed by atoms with E-state index in [0.717, 1.165) is 55.6 Å². The highest BCUT2D eigenvalue weighted by atomic mass is 16.4. The fraction of sp³-hybridized carbons (Fsp3) is 0.0500. The van der Waals surface area contributed by atoms with E-state index in [9.17, 15) is 0 Å². The topological polar surface area (TPSA) is 103 Å². The first-order valence-electron chi connectivity index (χ1n) is 15.4. The van der Waals surface area contributed by atoms with Gasteiger partial charge in [-0.05, 0) is 107 Å². The minimum Gasteiger partial charge on any atom is -0.416 e. The first-order valence-corrected chi connectivity index (χ1v) is 15.4. The highest BCUT2D eigenvalue weighted by Gasteiger charge is 2.13. The molecule has 0 fully saturated rings. The number of hydrogen-bond donors (Lipinski definition) is 0. The smallest absolute Gasteiger partial charge is 0.248 e. The summed E-state index contributed by atoms with van der Waals surface area (Å²) >= 11 is 0. The zero-order valence-corrected chi connectivity index (χ0v) is 26.4. The van der Waals surface area contributed by atoms with E-state index in [1.165, 1.54) is 0 Å². The summed E-state index contributed by atoms with van der Waals surface area (Å²) in [7, 11) is 1.75. The summed E-state index contributed by atoms with van der Waals surface area (Å²) in [6.07, 6.45) is 11.4. The summed E-state index contributed by atoms with van der Waals surface area (Å²) in [5, 5.41) is 17.2. The summed E-state index contributed by atoms with van der Waals surface area (Å²) in [4.78, 5) is 8.14. The predicted octanol–water partition coefficient (Wildman–Crippen LogP) is 9.51. The van der Waals surface area contributed by atoms with Gasteiger partial charge < -0.3 is 8.83 Å². The van der Waals surface area contributed by atoms with E-state index in [1.807, 2.05) is 128 Å². The Balaban J connectivity index is 1.02. The lowest BCUT2D eigenvalue weighted by Crippen LogP contribution is -1.84. The molecule has 8 heteroatoms. The molecule has 0 saturated carbocycles. The molecular formula is C40H30N6O2. The van der Waals surface area contributed by atoms with Crippen LogP contribution in [0.4, 0.5) is 0 Å². The first kappa shape index (κ1) is 30.1. The molecule has 0 spiro atoms. The van der Waals surface area contributed by atoms with E-state index < -0.39 is 0 Å². The average molecular weight is 627 g/mol. The average Bonchev–Trinajstić information content (AvgIpc) is 3.86. The Morgan fingerprint density at radius 2 is 0.854 bits per heavy atom. The van der Waals surface area contributed by atoms with Gasteiger partial charge >= 0.3 is 0 Å². The Hall–Kier alpha value is -6.54. The standard InChI is InChI=1S/C40H30N6O2/c1-3-4-27(21-24-41-2)28-5-13-33(14-6-28)37-43-44-38(47-37)34-15-7-29(8-16-34)30-9-17-35(18-10-30)39-45-46-40(48-39)36-19-11-31(12-20-36)32-22-25-42-26-23-32/h3-26H,1-2H3/b4-3-,27-21+,41-24?. The van der Waals surface area contributed by atoms with Crippen LogP contribution in [0.25, 0.3) is 73.6 Å². The molecule has 0 aliphatic rings. The van der Waals surface area contributed by atoms with Gasteiger partial charge in [-0.2, -0.15) is 0 Å². The van der Waals surface area contributed by atoms with Crippen molar-refractivity contribution in [3.8, 4) is 68.1 Å². The zero-order chi connectivity index (χ0) is 32.7. The molecule has 3 aromatic heterocycles. The molecule has 7 aromatic rings. The van der Waals surface area contributed by atoms with Crippen molar-refractivity contribution in [2.45, 2.75) is 6.92 Å². The highest BCUT2D eigenvalue weighted by molar-refractivity contribution is 5.88. The molecule has 4 aromatic carbocycles. The lowest BCUT2D eigenvalue weighted by atomic mass is 10.0. The van der Waals surface area contributed by atoms with Crippen molar-refractivity contribution in [2.75, 3.05) is 7.05 Å². The first-order chi connectivity index (χ1) is 23.7. The second-order valence-corrected chi connectivity index (χ2v) is 10.9. The Bertz CT molecular complexity index is 2210. The van der Waals surface area contributed by atoms with Crippen molar-refractivity contribution in [3.63, 3.8) is 0 Å². The van der Waals surface area contributed by atoms with Crippen LogP contribution in [0, 0.1) is 0 Å². The Morgan fingerprint density at radius 3 is 1.23 bits per heavy atom. The van der Waals surface area contributed by atoms with Gasteiger partial charge in [0.15, 0.2) is 0 Å². The van der Waals surface area contributed by atoms with Crippen molar-refractivity contribution in [2.24, 2.45) is 4.99 Å². The quantitative estimate of drug-likeness (QED) is 0.116. The molecule has 0 atom stereocenters. The maximum Gasteiger partial charge on any atom is 0.248 e. The summed E-state index contributed by atoms with van der Waals surface area (Å²) in [5.74, 6) is 1.87. The van der Waals surface area contributed by atoms with Gasteiger partial charge in [0.2, 0.25) is 23.6 Å². The van der Waals surface area contributed by atoms with Crippen LogP contribution in [-0.4, -0.2) is 38.6 Å². The summed E-state index contributed by atoms with van der Waals surface area (Å²) in [6, 6.07) is 36.1. The molecule has 0 aliphatic carbocycles. The molecule has 0 unspecified atom stereocenters. The van der Waals surface area contributed by atoms with Crippen LogP contribution < -0.4 is 0 Å². The third-order valence-electron chi connectivity index (χ3n) is 7.81. The fourth-order valence-corrected chi connectivity index (χ4v) is 5.26. The van der Waals surface area contributed by atoms with Crippen molar-refractivity contribution in [1.29, 1.82) is 0 Å². The monoisotopic (exact) mass is 626 g/mol. The van der Waals surface area contributed by atoms with Gasteiger partial charge in [-0.1, -0.05) is 60.7 Å². The van der Waals surface area contributed by atoms with Gasteiger partial charge in [0.1, 0.15) is 0 Å². The SMILES string of the molecule is C/C=C\C(=C/C=NC)c1ccc(-c2nnc(-c3ccc(-c4ccc(-c5nnc(-c6ccc(-c7ccncc7)cc6)o5)cc4)cc3)o2)cc1. The largest absolute Gasteiger partial charge is 0.416 e. The predicted molar refractivity (Wildman–Crippen MR) is 190 cm³/mol. The number of pyridine rings is 1. The van der Waals surface area contributed by atoms with Gasteiger partial charge in [-0.25, -0.2) is 0 Å². The van der Waals surface area contributed by atoms with Crippen molar-refractivity contribution in [3.05, 3.63) is 145 Å². The van der Waals surface area contributed by atoms with Gasteiger partial charge in [-0.3, -0.25) is 9.98 Å². The number of benzene rings is 4. The Morgan fingerprint density at radius 1 is 0.500 bits per heavy atom. The van der Waals surface area contributed by atoms with Crippen molar-refractivity contribution >= 4 is 11.8 Å². The number of hydrogen-bond acceptors (Lipinski definition) is 8. The van der Waals surface area contributed by atoms with Crippen LogP contribution in [0.1, 0.15) is 12.5 Å². The van der Waals surface area contributed by atoms with Crippen LogP contribution in [-0.2, 0) is 0 Å². The second kappa shape index (κ2) is 13.8. The summed E-state index contributed by atoms with van der Waals surface area (Å²) in [6.45, 7) is 1.99. The van der Waals surface area contributed by atoms with Gasteiger partial charge in [0.25, 0.3) is 0 Å². The summed E-state index contributed by atoms with van der Waals surface area (Å²) < 4.78 is 12.1. The number of allylic oxidation sites excluding steroid dienone is 4. The molecule has 0 bridgehead atoms. The molecule has 7 rings (SSSR count). The second-order valence-electron chi connectivity index (χ2n) is 10.9. The molecule has 232 valence electrons. The zero-order valence-electron chi connectivity index (χ0n) is 26.4.